The predicted octanol–water partition coefficient (Wildman–Crippen LogP) is 1.46. The summed E-state index contributed by atoms with van der Waals surface area (Å²) in [5.74, 6) is -1.15. The lowest BCUT2D eigenvalue weighted by Crippen LogP contribution is -2.51. The summed E-state index contributed by atoms with van der Waals surface area (Å²) < 4.78 is 10.6. The topological polar surface area (TPSA) is 103 Å². The van der Waals surface area contributed by atoms with Gasteiger partial charge in [0.15, 0.2) is 11.3 Å². The van der Waals surface area contributed by atoms with Crippen LogP contribution in [0.5, 0.6) is 0 Å². The van der Waals surface area contributed by atoms with Gasteiger partial charge in [0.1, 0.15) is 11.8 Å². The Hall–Kier alpha value is -2.09. The molecule has 1 saturated heterocycles. The minimum atomic E-state index is -0.668. The first kappa shape index (κ1) is 17.3. The number of likely N-dealkylation sites (tertiary alicyclic amines) is 1. The number of hydrogen-bond donors (Lipinski definition) is 1. The van der Waals surface area contributed by atoms with Crippen molar-refractivity contribution in [1.82, 2.24) is 4.90 Å². The van der Waals surface area contributed by atoms with Crippen LogP contribution in [-0.4, -0.2) is 41.9 Å². The normalized spacial score (nSPS) is 18.1. The zero-order chi connectivity index (χ0) is 16.8. The second kappa shape index (κ2) is 7.96. The van der Waals surface area contributed by atoms with Crippen molar-refractivity contribution in [3.63, 3.8) is 0 Å². The quantitative estimate of drug-likeness (QED) is 0.611. The zero-order valence-corrected chi connectivity index (χ0v) is 14.0. The second-order valence-electron chi connectivity index (χ2n) is 5.08. The van der Waals surface area contributed by atoms with Gasteiger partial charge in [0, 0.05) is 12.6 Å². The molecular weight excluding hydrogens is 368 g/mol. The number of esters is 1. The molecule has 0 aromatic carbocycles. The predicted molar refractivity (Wildman–Crippen MR) is 84.9 cm³/mol. The standard InChI is InChI=1S/C15H17BrN2O5/c16-12-6-4-10(23-12)5-7-14(20)22-9-13(19)18-8-2-1-3-11(18)15(17)21/h4-7,11H,1-3,8-9H2,(H2,17,21)/b7-5+/t11-/m1/s1. The molecule has 124 valence electrons. The third-order valence-electron chi connectivity index (χ3n) is 3.47. The molecule has 0 spiro atoms. The molecule has 1 aliphatic heterocycles. The van der Waals surface area contributed by atoms with E-state index >= 15 is 0 Å². The lowest BCUT2D eigenvalue weighted by atomic mass is 10.0. The van der Waals surface area contributed by atoms with E-state index in [1.165, 1.54) is 17.1 Å². The van der Waals surface area contributed by atoms with Gasteiger partial charge in [-0.2, -0.15) is 0 Å². The summed E-state index contributed by atoms with van der Waals surface area (Å²) in [5.41, 5.74) is 5.30. The molecular formula is C15H17BrN2O5. The van der Waals surface area contributed by atoms with Gasteiger partial charge in [-0.15, -0.1) is 0 Å². The molecule has 0 radical (unpaired) electrons. The first-order valence-electron chi connectivity index (χ1n) is 7.16. The maximum absolute atomic E-state index is 12.1. The Balaban J connectivity index is 1.84. The molecule has 0 unspecified atom stereocenters. The summed E-state index contributed by atoms with van der Waals surface area (Å²) in [6, 6.07) is 2.74. The van der Waals surface area contributed by atoms with Crippen molar-refractivity contribution < 1.29 is 23.5 Å². The molecule has 8 heteroatoms. The van der Waals surface area contributed by atoms with Crippen molar-refractivity contribution in [2.75, 3.05) is 13.2 Å². The number of carbonyl (C=O) groups is 3. The number of furan rings is 1. The number of primary amides is 1. The van der Waals surface area contributed by atoms with E-state index < -0.39 is 30.4 Å². The van der Waals surface area contributed by atoms with Crippen LogP contribution in [0.3, 0.4) is 0 Å². The molecule has 2 rings (SSSR count). The molecule has 1 aromatic rings. The number of ether oxygens (including phenoxy) is 1. The van der Waals surface area contributed by atoms with Crippen LogP contribution < -0.4 is 5.73 Å². The Morgan fingerprint density at radius 3 is 2.83 bits per heavy atom. The summed E-state index contributed by atoms with van der Waals surface area (Å²) in [5, 5.41) is 0. The molecule has 7 nitrogen and oxygen atoms in total. The molecule has 0 aliphatic carbocycles. The van der Waals surface area contributed by atoms with Crippen molar-refractivity contribution in [3.8, 4) is 0 Å². The average molecular weight is 385 g/mol. The lowest BCUT2D eigenvalue weighted by molar-refractivity contribution is -0.151. The van der Waals surface area contributed by atoms with Crippen LogP contribution in [-0.2, 0) is 19.1 Å². The Bertz CT molecular complexity index is 625. The number of piperidine rings is 1. The molecule has 2 amide bonds. The summed E-state index contributed by atoms with van der Waals surface area (Å²) in [4.78, 5) is 36.4. The van der Waals surface area contributed by atoms with Crippen LogP contribution in [0.15, 0.2) is 27.3 Å². The van der Waals surface area contributed by atoms with Gasteiger partial charge in [0.2, 0.25) is 5.91 Å². The lowest BCUT2D eigenvalue weighted by Gasteiger charge is -2.33. The fraction of sp³-hybridized carbons (Fsp3) is 0.400. The van der Waals surface area contributed by atoms with E-state index in [0.717, 1.165) is 12.8 Å². The van der Waals surface area contributed by atoms with Crippen molar-refractivity contribution in [2.45, 2.75) is 25.3 Å². The Kier molecular flexibility index (Phi) is 5.97. The summed E-state index contributed by atoms with van der Waals surface area (Å²) in [6.45, 7) is 0.0229. The molecule has 1 aliphatic rings. The Morgan fingerprint density at radius 2 is 2.17 bits per heavy atom. The molecule has 23 heavy (non-hydrogen) atoms. The summed E-state index contributed by atoms with van der Waals surface area (Å²) in [6.07, 6.45) is 4.79. The van der Waals surface area contributed by atoms with E-state index in [1.54, 1.807) is 12.1 Å². The van der Waals surface area contributed by atoms with Gasteiger partial charge in [-0.25, -0.2) is 4.79 Å². The first-order valence-corrected chi connectivity index (χ1v) is 7.95. The van der Waals surface area contributed by atoms with Crippen LogP contribution in [0.2, 0.25) is 0 Å². The Morgan fingerprint density at radius 1 is 1.39 bits per heavy atom. The molecule has 1 atom stereocenters. The minimum Gasteiger partial charge on any atom is -0.452 e. The van der Waals surface area contributed by atoms with Crippen LogP contribution in [0, 0.1) is 0 Å². The van der Waals surface area contributed by atoms with Gasteiger partial charge in [-0.3, -0.25) is 9.59 Å². The average Bonchev–Trinajstić information content (AvgIpc) is 2.96. The minimum absolute atomic E-state index is 0.420. The van der Waals surface area contributed by atoms with Crippen LogP contribution >= 0.6 is 15.9 Å². The van der Waals surface area contributed by atoms with E-state index in [2.05, 4.69) is 15.9 Å². The summed E-state index contributed by atoms with van der Waals surface area (Å²) in [7, 11) is 0. The maximum Gasteiger partial charge on any atom is 0.331 e. The van der Waals surface area contributed by atoms with Gasteiger partial charge < -0.3 is 19.8 Å². The molecule has 0 bridgehead atoms. The number of amides is 2. The van der Waals surface area contributed by atoms with Crippen molar-refractivity contribution in [2.24, 2.45) is 5.73 Å². The van der Waals surface area contributed by atoms with E-state index in [1.807, 2.05) is 0 Å². The van der Waals surface area contributed by atoms with Crippen LogP contribution in [0.1, 0.15) is 25.0 Å². The van der Waals surface area contributed by atoms with E-state index in [0.29, 0.717) is 23.4 Å². The molecule has 2 N–H and O–H groups in total. The fourth-order valence-corrected chi connectivity index (χ4v) is 2.68. The highest BCUT2D eigenvalue weighted by Crippen LogP contribution is 2.17. The maximum atomic E-state index is 12.1. The highest BCUT2D eigenvalue weighted by molar-refractivity contribution is 9.10. The van der Waals surface area contributed by atoms with Crippen molar-refractivity contribution in [3.05, 3.63) is 28.6 Å². The van der Waals surface area contributed by atoms with E-state index in [9.17, 15) is 14.4 Å². The smallest absolute Gasteiger partial charge is 0.331 e. The third kappa shape index (κ3) is 4.95. The number of rotatable bonds is 5. The second-order valence-corrected chi connectivity index (χ2v) is 5.87. The highest BCUT2D eigenvalue weighted by atomic mass is 79.9. The molecule has 0 saturated carbocycles. The molecule has 2 heterocycles. The van der Waals surface area contributed by atoms with Gasteiger partial charge >= 0.3 is 5.97 Å². The van der Waals surface area contributed by atoms with E-state index in [4.69, 9.17) is 14.9 Å². The SMILES string of the molecule is NC(=O)[C@H]1CCCCN1C(=O)COC(=O)/C=C/c1ccc(Br)o1. The van der Waals surface area contributed by atoms with Crippen molar-refractivity contribution in [1.29, 1.82) is 0 Å². The highest BCUT2D eigenvalue weighted by Gasteiger charge is 2.30. The number of hydrogen-bond acceptors (Lipinski definition) is 5. The number of carbonyl (C=O) groups excluding carboxylic acids is 3. The first-order chi connectivity index (χ1) is 11.0. The third-order valence-corrected chi connectivity index (χ3v) is 3.89. The van der Waals surface area contributed by atoms with Crippen molar-refractivity contribution >= 4 is 39.8 Å². The number of nitrogens with zero attached hydrogens (tertiary/aromatic N) is 1. The van der Waals surface area contributed by atoms with E-state index in [-0.39, 0.29) is 0 Å². The largest absolute Gasteiger partial charge is 0.452 e. The van der Waals surface area contributed by atoms with Gasteiger partial charge in [-0.05, 0) is 53.4 Å². The van der Waals surface area contributed by atoms with Gasteiger partial charge in [-0.1, -0.05) is 0 Å². The number of nitrogens with two attached hydrogens (primary N) is 1. The van der Waals surface area contributed by atoms with Gasteiger partial charge in [0.25, 0.3) is 5.91 Å². The molecule has 1 aromatic heterocycles. The molecule has 1 fully saturated rings. The zero-order valence-electron chi connectivity index (χ0n) is 12.4. The van der Waals surface area contributed by atoms with Crippen LogP contribution in [0.4, 0.5) is 0 Å². The van der Waals surface area contributed by atoms with Crippen LogP contribution in [0.25, 0.3) is 6.08 Å². The number of halogens is 1. The van der Waals surface area contributed by atoms with Gasteiger partial charge in [0.05, 0.1) is 0 Å². The summed E-state index contributed by atoms with van der Waals surface area (Å²) >= 11 is 3.15. The fourth-order valence-electron chi connectivity index (χ4n) is 2.36. The Labute approximate surface area is 141 Å². The monoisotopic (exact) mass is 384 g/mol.